The lowest BCUT2D eigenvalue weighted by Gasteiger charge is -2.17. The molecule has 2 amide bonds. The predicted molar refractivity (Wildman–Crippen MR) is 79.9 cm³/mol. The van der Waals surface area contributed by atoms with Gasteiger partial charge in [-0.15, -0.1) is 0 Å². The number of nitrogen functional groups attached to an aromatic ring is 1. The van der Waals surface area contributed by atoms with Crippen LogP contribution < -0.4 is 11.1 Å². The lowest BCUT2D eigenvalue weighted by atomic mass is 10.2. The van der Waals surface area contributed by atoms with Gasteiger partial charge in [-0.3, -0.25) is 9.59 Å². The molecule has 20 heavy (non-hydrogen) atoms. The number of anilines is 2. The summed E-state index contributed by atoms with van der Waals surface area (Å²) in [5, 5.41) is 3.28. The fraction of sp³-hybridized carbons (Fsp3) is 0.385. The van der Waals surface area contributed by atoms with E-state index in [0.717, 1.165) is 0 Å². The molecule has 0 saturated carbocycles. The van der Waals surface area contributed by atoms with Crippen molar-refractivity contribution >= 4 is 46.4 Å². The molecule has 7 heteroatoms. The van der Waals surface area contributed by atoms with Gasteiger partial charge in [-0.1, -0.05) is 30.1 Å². The Hall–Kier alpha value is -1.46. The standard InChI is InChI=1S/C13H15Cl2N3O2/c1-7-2-12(20)18(5-7)6-11(19)17-13-9(15)3-8(14)4-10(13)16/h3-4,7H,2,5-6,16H2,1H3,(H,17,19). The van der Waals surface area contributed by atoms with Crippen LogP contribution in [-0.2, 0) is 9.59 Å². The minimum atomic E-state index is -0.330. The molecule has 1 aromatic rings. The summed E-state index contributed by atoms with van der Waals surface area (Å²) in [6, 6.07) is 3.00. The molecule has 1 aliphatic heterocycles. The number of likely N-dealkylation sites (tertiary alicyclic amines) is 1. The second kappa shape index (κ2) is 5.89. The molecule has 1 atom stereocenters. The molecule has 0 radical (unpaired) electrons. The van der Waals surface area contributed by atoms with Gasteiger partial charge in [-0.05, 0) is 18.1 Å². The summed E-state index contributed by atoms with van der Waals surface area (Å²) in [5.41, 5.74) is 6.37. The fourth-order valence-corrected chi connectivity index (χ4v) is 2.76. The van der Waals surface area contributed by atoms with E-state index in [1.807, 2.05) is 6.92 Å². The smallest absolute Gasteiger partial charge is 0.244 e. The van der Waals surface area contributed by atoms with Crippen molar-refractivity contribution in [1.29, 1.82) is 0 Å². The van der Waals surface area contributed by atoms with E-state index in [9.17, 15) is 9.59 Å². The quantitative estimate of drug-likeness (QED) is 0.841. The van der Waals surface area contributed by atoms with Crippen molar-refractivity contribution < 1.29 is 9.59 Å². The SMILES string of the molecule is CC1CC(=O)N(CC(=O)Nc2c(N)cc(Cl)cc2Cl)C1. The van der Waals surface area contributed by atoms with Crippen molar-refractivity contribution in [3.63, 3.8) is 0 Å². The first-order valence-electron chi connectivity index (χ1n) is 6.19. The van der Waals surface area contributed by atoms with Crippen molar-refractivity contribution in [2.45, 2.75) is 13.3 Å². The van der Waals surface area contributed by atoms with Crippen LogP contribution in [0.3, 0.4) is 0 Å². The van der Waals surface area contributed by atoms with Gasteiger partial charge < -0.3 is 16.0 Å². The molecular formula is C13H15Cl2N3O2. The zero-order valence-electron chi connectivity index (χ0n) is 11.0. The monoisotopic (exact) mass is 315 g/mol. The molecule has 0 spiro atoms. The number of amides is 2. The number of nitrogens with two attached hydrogens (primary N) is 1. The van der Waals surface area contributed by atoms with Gasteiger partial charge in [0, 0.05) is 18.0 Å². The van der Waals surface area contributed by atoms with E-state index in [4.69, 9.17) is 28.9 Å². The van der Waals surface area contributed by atoms with Crippen LogP contribution in [0.2, 0.25) is 10.0 Å². The van der Waals surface area contributed by atoms with Crippen LogP contribution in [0, 0.1) is 5.92 Å². The third kappa shape index (κ3) is 3.35. The molecule has 2 rings (SSSR count). The number of rotatable bonds is 3. The minimum absolute atomic E-state index is 0.00156. The first-order chi connectivity index (χ1) is 9.36. The Morgan fingerprint density at radius 1 is 1.50 bits per heavy atom. The first kappa shape index (κ1) is 14.9. The van der Waals surface area contributed by atoms with Gasteiger partial charge in [0.2, 0.25) is 11.8 Å². The van der Waals surface area contributed by atoms with Crippen LogP contribution in [0.5, 0.6) is 0 Å². The van der Waals surface area contributed by atoms with Gasteiger partial charge in [-0.25, -0.2) is 0 Å². The van der Waals surface area contributed by atoms with E-state index in [2.05, 4.69) is 5.32 Å². The van der Waals surface area contributed by atoms with Crippen LogP contribution in [0.25, 0.3) is 0 Å². The molecule has 1 heterocycles. The predicted octanol–water partition coefficient (Wildman–Crippen LogP) is 2.38. The van der Waals surface area contributed by atoms with E-state index in [-0.39, 0.29) is 35.0 Å². The molecule has 5 nitrogen and oxygen atoms in total. The highest BCUT2D eigenvalue weighted by Crippen LogP contribution is 2.32. The normalized spacial score (nSPS) is 18.4. The Kier molecular flexibility index (Phi) is 4.40. The first-order valence-corrected chi connectivity index (χ1v) is 6.94. The van der Waals surface area contributed by atoms with Crippen molar-refractivity contribution in [2.24, 2.45) is 5.92 Å². The Morgan fingerprint density at radius 3 is 2.75 bits per heavy atom. The van der Waals surface area contributed by atoms with E-state index >= 15 is 0 Å². The van der Waals surface area contributed by atoms with Crippen LogP contribution in [0.1, 0.15) is 13.3 Å². The molecule has 0 aliphatic carbocycles. The Labute approximate surface area is 127 Å². The second-order valence-electron chi connectivity index (χ2n) is 4.98. The van der Waals surface area contributed by atoms with Crippen LogP contribution in [-0.4, -0.2) is 29.8 Å². The summed E-state index contributed by atoms with van der Waals surface area (Å²) in [7, 11) is 0. The molecule has 0 bridgehead atoms. The highest BCUT2D eigenvalue weighted by atomic mass is 35.5. The summed E-state index contributed by atoms with van der Waals surface area (Å²) in [6.45, 7) is 2.57. The van der Waals surface area contributed by atoms with E-state index in [1.54, 1.807) is 0 Å². The fourth-order valence-electron chi connectivity index (χ4n) is 2.20. The molecule has 1 unspecified atom stereocenters. The topological polar surface area (TPSA) is 75.4 Å². The number of hydrogen-bond acceptors (Lipinski definition) is 3. The largest absolute Gasteiger partial charge is 0.397 e. The van der Waals surface area contributed by atoms with Gasteiger partial charge in [0.1, 0.15) is 0 Å². The number of benzene rings is 1. The lowest BCUT2D eigenvalue weighted by molar-refractivity contribution is -0.131. The number of carbonyl (C=O) groups is 2. The Balaban J connectivity index is 2.04. The van der Waals surface area contributed by atoms with Gasteiger partial charge in [0.25, 0.3) is 0 Å². The Morgan fingerprint density at radius 2 is 2.20 bits per heavy atom. The summed E-state index contributed by atoms with van der Waals surface area (Å²) < 4.78 is 0. The molecule has 0 aromatic heterocycles. The number of nitrogens with zero attached hydrogens (tertiary/aromatic N) is 1. The van der Waals surface area contributed by atoms with Crippen LogP contribution >= 0.6 is 23.2 Å². The number of nitrogens with one attached hydrogen (secondary N) is 1. The highest BCUT2D eigenvalue weighted by molar-refractivity contribution is 6.37. The third-order valence-corrected chi connectivity index (χ3v) is 3.61. The summed E-state index contributed by atoms with van der Waals surface area (Å²) in [6.07, 6.45) is 0.483. The van der Waals surface area contributed by atoms with Crippen molar-refractivity contribution in [3.8, 4) is 0 Å². The average Bonchev–Trinajstić information content (AvgIpc) is 2.62. The zero-order valence-corrected chi connectivity index (χ0v) is 12.5. The second-order valence-corrected chi connectivity index (χ2v) is 5.83. The van der Waals surface area contributed by atoms with Gasteiger partial charge in [0.15, 0.2) is 0 Å². The molecule has 1 aromatic carbocycles. The number of carbonyl (C=O) groups excluding carboxylic acids is 2. The van der Waals surface area contributed by atoms with Crippen molar-refractivity contribution in [2.75, 3.05) is 24.1 Å². The van der Waals surface area contributed by atoms with E-state index < -0.39 is 0 Å². The Bertz CT molecular complexity index is 540. The maximum Gasteiger partial charge on any atom is 0.244 e. The van der Waals surface area contributed by atoms with Gasteiger partial charge in [0.05, 0.1) is 22.9 Å². The molecule has 1 saturated heterocycles. The minimum Gasteiger partial charge on any atom is -0.397 e. The van der Waals surface area contributed by atoms with Crippen LogP contribution in [0.4, 0.5) is 11.4 Å². The van der Waals surface area contributed by atoms with E-state index in [0.29, 0.717) is 23.7 Å². The van der Waals surface area contributed by atoms with Crippen molar-refractivity contribution in [1.82, 2.24) is 4.90 Å². The van der Waals surface area contributed by atoms with E-state index in [1.165, 1.54) is 17.0 Å². The zero-order chi connectivity index (χ0) is 14.9. The van der Waals surface area contributed by atoms with Gasteiger partial charge in [-0.2, -0.15) is 0 Å². The molecule has 3 N–H and O–H groups in total. The van der Waals surface area contributed by atoms with Crippen LogP contribution in [0.15, 0.2) is 12.1 Å². The molecule has 1 fully saturated rings. The summed E-state index contributed by atoms with van der Waals surface area (Å²) in [5.74, 6) is -0.0642. The van der Waals surface area contributed by atoms with Gasteiger partial charge >= 0.3 is 0 Å². The summed E-state index contributed by atoms with van der Waals surface area (Å²) in [4.78, 5) is 25.1. The number of hydrogen-bond donors (Lipinski definition) is 2. The lowest BCUT2D eigenvalue weighted by Crippen LogP contribution is -2.34. The molecule has 108 valence electrons. The maximum atomic E-state index is 12.0. The number of halogens is 2. The summed E-state index contributed by atoms with van der Waals surface area (Å²) >= 11 is 11.8. The average molecular weight is 316 g/mol. The highest BCUT2D eigenvalue weighted by Gasteiger charge is 2.28. The van der Waals surface area contributed by atoms with Crippen molar-refractivity contribution in [3.05, 3.63) is 22.2 Å². The molecular weight excluding hydrogens is 301 g/mol. The third-order valence-electron chi connectivity index (χ3n) is 3.09. The maximum absolute atomic E-state index is 12.0. The molecule has 1 aliphatic rings.